The molecule has 0 saturated carbocycles. The van der Waals surface area contributed by atoms with Gasteiger partial charge in [0.15, 0.2) is 0 Å². The SMILES string of the molecule is COC(=O)Cc1nn(C2(CC#N)CCN(Cc3ccc(-n4nccn4)cc3)CC2F)cc1C(N)=O. The number of primary amides is 1. The molecule has 3 aromatic rings. The highest BCUT2D eigenvalue weighted by Gasteiger charge is 2.46. The lowest BCUT2D eigenvalue weighted by molar-refractivity contribution is -0.139. The zero-order chi connectivity index (χ0) is 25.0. The van der Waals surface area contributed by atoms with Crippen molar-refractivity contribution in [2.75, 3.05) is 20.2 Å². The van der Waals surface area contributed by atoms with E-state index in [9.17, 15) is 14.9 Å². The number of nitrogens with two attached hydrogens (primary N) is 1. The van der Waals surface area contributed by atoms with Gasteiger partial charge in [-0.05, 0) is 24.1 Å². The van der Waals surface area contributed by atoms with Gasteiger partial charge in [0.05, 0.1) is 55.4 Å². The lowest BCUT2D eigenvalue weighted by atomic mass is 9.83. The molecule has 2 aromatic heterocycles. The van der Waals surface area contributed by atoms with E-state index in [1.54, 1.807) is 12.4 Å². The zero-order valence-electron chi connectivity index (χ0n) is 19.2. The molecular weight excluding hydrogens is 455 g/mol. The first kappa shape index (κ1) is 24.0. The Morgan fingerprint density at radius 3 is 2.60 bits per heavy atom. The normalized spacial score (nSPS) is 20.3. The van der Waals surface area contributed by atoms with Crippen LogP contribution in [-0.4, -0.2) is 67.9 Å². The van der Waals surface area contributed by atoms with Gasteiger partial charge < -0.3 is 10.5 Å². The molecule has 1 aliphatic heterocycles. The molecule has 1 amide bonds. The van der Waals surface area contributed by atoms with Crippen LogP contribution in [0, 0.1) is 11.3 Å². The number of nitriles is 1. The van der Waals surface area contributed by atoms with Crippen LogP contribution in [0.3, 0.4) is 0 Å². The van der Waals surface area contributed by atoms with E-state index in [1.165, 1.54) is 22.8 Å². The number of benzene rings is 1. The van der Waals surface area contributed by atoms with Gasteiger partial charge in [0, 0.05) is 25.8 Å². The van der Waals surface area contributed by atoms with Gasteiger partial charge in [-0.15, -0.1) is 0 Å². The molecule has 1 aliphatic rings. The van der Waals surface area contributed by atoms with E-state index >= 15 is 4.39 Å². The molecule has 2 unspecified atom stereocenters. The Labute approximate surface area is 200 Å². The van der Waals surface area contributed by atoms with E-state index in [2.05, 4.69) is 26.1 Å². The molecule has 0 bridgehead atoms. The fourth-order valence-electron chi connectivity index (χ4n) is 4.34. The topological polar surface area (TPSA) is 145 Å². The summed E-state index contributed by atoms with van der Waals surface area (Å²) in [6.07, 6.45) is 2.94. The molecule has 0 aliphatic carbocycles. The number of hydrogen-bond acceptors (Lipinski definition) is 8. The number of likely N-dealkylation sites (tertiary alicyclic amines) is 1. The van der Waals surface area contributed by atoms with E-state index in [-0.39, 0.29) is 37.1 Å². The summed E-state index contributed by atoms with van der Waals surface area (Å²) in [6, 6.07) is 9.72. The molecule has 35 heavy (non-hydrogen) atoms. The number of carbonyl (C=O) groups excluding carboxylic acids is 2. The van der Waals surface area contributed by atoms with Gasteiger partial charge in [-0.25, -0.2) is 4.39 Å². The van der Waals surface area contributed by atoms with E-state index in [4.69, 9.17) is 5.73 Å². The Kier molecular flexibility index (Phi) is 6.88. The largest absolute Gasteiger partial charge is 0.469 e. The fourth-order valence-corrected chi connectivity index (χ4v) is 4.34. The highest BCUT2D eigenvalue weighted by atomic mass is 19.1. The molecule has 0 radical (unpaired) electrons. The van der Waals surface area contributed by atoms with Crippen LogP contribution in [0.15, 0.2) is 42.9 Å². The number of methoxy groups -OCH3 is 1. The van der Waals surface area contributed by atoms with Crippen molar-refractivity contribution in [3.05, 3.63) is 59.7 Å². The van der Waals surface area contributed by atoms with Crippen molar-refractivity contribution in [1.82, 2.24) is 29.7 Å². The van der Waals surface area contributed by atoms with Crippen molar-refractivity contribution < 1.29 is 18.7 Å². The lowest BCUT2D eigenvalue weighted by Gasteiger charge is -2.43. The van der Waals surface area contributed by atoms with Crippen molar-refractivity contribution in [3.63, 3.8) is 0 Å². The number of ether oxygens (including phenoxy) is 1. The highest BCUT2D eigenvalue weighted by molar-refractivity contribution is 5.94. The summed E-state index contributed by atoms with van der Waals surface area (Å²) in [7, 11) is 1.22. The van der Waals surface area contributed by atoms with Gasteiger partial charge >= 0.3 is 5.97 Å². The third-order valence-corrected chi connectivity index (χ3v) is 6.29. The molecule has 3 heterocycles. The standard InChI is InChI=1S/C23H25FN8O3/c1-35-21(33)12-19-18(22(26)34)14-31(29-19)23(6-8-25)7-11-30(15-20(23)24)13-16-2-4-17(5-3-16)32-27-9-10-28-32/h2-5,9-10,14,20H,6-7,11-13,15H2,1H3,(H2,26,34). The number of hydrogen-bond donors (Lipinski definition) is 1. The minimum absolute atomic E-state index is 0.00843. The van der Waals surface area contributed by atoms with Gasteiger partial charge in [-0.1, -0.05) is 12.1 Å². The molecule has 0 spiro atoms. The van der Waals surface area contributed by atoms with Gasteiger partial charge in [0.25, 0.3) is 5.91 Å². The van der Waals surface area contributed by atoms with Crippen molar-refractivity contribution in [1.29, 1.82) is 5.26 Å². The van der Waals surface area contributed by atoms with Crippen molar-refractivity contribution >= 4 is 11.9 Å². The second-order valence-corrected chi connectivity index (χ2v) is 8.43. The molecular formula is C23H25FN8O3. The second-order valence-electron chi connectivity index (χ2n) is 8.43. The lowest BCUT2D eigenvalue weighted by Crippen LogP contribution is -2.54. The van der Waals surface area contributed by atoms with Crippen molar-refractivity contribution in [2.45, 2.75) is 37.5 Å². The third-order valence-electron chi connectivity index (χ3n) is 6.29. The average molecular weight is 481 g/mol. The van der Waals surface area contributed by atoms with Crippen LogP contribution in [0.1, 0.15) is 34.5 Å². The Balaban J connectivity index is 1.52. The zero-order valence-corrected chi connectivity index (χ0v) is 19.2. The van der Waals surface area contributed by atoms with Gasteiger partial charge in [-0.3, -0.25) is 19.2 Å². The molecule has 1 saturated heterocycles. The molecule has 182 valence electrons. The van der Waals surface area contributed by atoms with Crippen LogP contribution in [0.4, 0.5) is 4.39 Å². The van der Waals surface area contributed by atoms with Gasteiger partial charge in [0.2, 0.25) is 0 Å². The van der Waals surface area contributed by atoms with Gasteiger partial charge in [-0.2, -0.15) is 25.4 Å². The fraction of sp³-hybridized carbons (Fsp3) is 0.391. The van der Waals surface area contributed by atoms with E-state index in [0.29, 0.717) is 13.1 Å². The Morgan fingerprint density at radius 2 is 2.00 bits per heavy atom. The number of rotatable bonds is 8. The Morgan fingerprint density at radius 1 is 1.29 bits per heavy atom. The number of alkyl halides is 1. The summed E-state index contributed by atoms with van der Waals surface area (Å²) < 4.78 is 21.7. The van der Waals surface area contributed by atoms with Crippen molar-refractivity contribution in [3.8, 4) is 11.8 Å². The molecule has 2 N–H and O–H groups in total. The van der Waals surface area contributed by atoms with Crippen LogP contribution in [-0.2, 0) is 28.0 Å². The van der Waals surface area contributed by atoms with Crippen LogP contribution in [0.5, 0.6) is 0 Å². The quantitative estimate of drug-likeness (QED) is 0.472. The van der Waals surface area contributed by atoms with Crippen molar-refractivity contribution in [2.24, 2.45) is 5.73 Å². The first-order chi connectivity index (χ1) is 16.9. The van der Waals surface area contributed by atoms with Gasteiger partial charge in [0.1, 0.15) is 11.7 Å². The summed E-state index contributed by atoms with van der Waals surface area (Å²) in [5.41, 5.74) is 6.10. The minimum atomic E-state index is -1.45. The summed E-state index contributed by atoms with van der Waals surface area (Å²) in [5, 5.41) is 22.0. The summed E-state index contributed by atoms with van der Waals surface area (Å²) in [6.45, 7) is 1.10. The predicted octanol–water partition coefficient (Wildman–Crippen LogP) is 1.13. The molecule has 1 fully saturated rings. The number of aromatic nitrogens is 5. The second kappa shape index (κ2) is 10.0. The van der Waals surface area contributed by atoms with E-state index in [0.717, 1.165) is 11.3 Å². The smallest absolute Gasteiger partial charge is 0.311 e. The number of piperidine rings is 1. The average Bonchev–Trinajstić information content (AvgIpc) is 3.52. The Bertz CT molecular complexity index is 1230. The monoisotopic (exact) mass is 480 g/mol. The minimum Gasteiger partial charge on any atom is -0.469 e. The number of halogens is 1. The molecule has 11 nitrogen and oxygen atoms in total. The number of carbonyl (C=O) groups is 2. The third kappa shape index (κ3) is 4.90. The van der Waals surface area contributed by atoms with Crippen LogP contribution < -0.4 is 5.73 Å². The number of amides is 1. The molecule has 12 heteroatoms. The predicted molar refractivity (Wildman–Crippen MR) is 121 cm³/mol. The van der Waals surface area contributed by atoms with Crippen LogP contribution >= 0.6 is 0 Å². The Hall–Kier alpha value is -4.11. The maximum absolute atomic E-state index is 15.8. The highest BCUT2D eigenvalue weighted by Crippen LogP contribution is 2.36. The molecule has 2 atom stereocenters. The van der Waals surface area contributed by atoms with E-state index in [1.807, 2.05) is 29.2 Å². The molecule has 4 rings (SSSR count). The summed E-state index contributed by atoms with van der Waals surface area (Å²) in [5.74, 6) is -1.39. The van der Waals surface area contributed by atoms with Crippen LogP contribution in [0.25, 0.3) is 5.69 Å². The molecule has 1 aromatic carbocycles. The first-order valence-corrected chi connectivity index (χ1v) is 11.0. The number of nitrogens with zero attached hydrogens (tertiary/aromatic N) is 7. The maximum atomic E-state index is 15.8. The summed E-state index contributed by atoms with van der Waals surface area (Å²) >= 11 is 0. The van der Waals surface area contributed by atoms with Crippen LogP contribution in [0.2, 0.25) is 0 Å². The summed E-state index contributed by atoms with van der Waals surface area (Å²) in [4.78, 5) is 27.2. The van der Waals surface area contributed by atoms with E-state index < -0.39 is 23.6 Å². The first-order valence-electron chi connectivity index (χ1n) is 11.0. The maximum Gasteiger partial charge on any atom is 0.311 e. The number of esters is 1.